The Hall–Kier alpha value is -0.770. The lowest BCUT2D eigenvalue weighted by Crippen LogP contribution is -2.39. The fourth-order valence-corrected chi connectivity index (χ4v) is 1.86. The van der Waals surface area contributed by atoms with Gasteiger partial charge >= 0.3 is 16.3 Å². The van der Waals surface area contributed by atoms with E-state index in [9.17, 15) is 17.6 Å². The van der Waals surface area contributed by atoms with Crippen molar-refractivity contribution in [2.75, 3.05) is 26.5 Å². The summed E-state index contributed by atoms with van der Waals surface area (Å²) >= 11 is 0. The number of ether oxygens (including phenoxy) is 1. The van der Waals surface area contributed by atoms with Crippen molar-refractivity contribution in [3.8, 4) is 0 Å². The van der Waals surface area contributed by atoms with Crippen molar-refractivity contribution in [1.82, 2.24) is 4.31 Å². The van der Waals surface area contributed by atoms with Crippen molar-refractivity contribution >= 4 is 16.3 Å². The van der Waals surface area contributed by atoms with Crippen LogP contribution in [0.5, 0.6) is 0 Å². The minimum absolute atomic E-state index is 0.223. The van der Waals surface area contributed by atoms with E-state index in [1.54, 1.807) is 6.92 Å². The SMILES string of the molecule is CCOCN(CC(C)F)S(=O)(=O)OC(=O)CO. The Kier molecular flexibility index (Phi) is 7.19. The van der Waals surface area contributed by atoms with Crippen molar-refractivity contribution in [3.63, 3.8) is 0 Å². The topological polar surface area (TPSA) is 93.1 Å². The third-order valence-electron chi connectivity index (χ3n) is 1.54. The normalized spacial score (nSPS) is 13.7. The van der Waals surface area contributed by atoms with E-state index < -0.39 is 42.3 Å². The predicted octanol–water partition coefficient (Wildman–Crippen LogP) is -0.579. The first-order valence-electron chi connectivity index (χ1n) is 4.88. The van der Waals surface area contributed by atoms with Gasteiger partial charge in [-0.25, -0.2) is 9.18 Å². The van der Waals surface area contributed by atoms with Gasteiger partial charge in [0.1, 0.15) is 19.5 Å². The molecule has 0 aliphatic rings. The summed E-state index contributed by atoms with van der Waals surface area (Å²) < 4.78 is 45.1. The zero-order chi connectivity index (χ0) is 13.5. The van der Waals surface area contributed by atoms with E-state index in [-0.39, 0.29) is 6.61 Å². The predicted molar refractivity (Wildman–Crippen MR) is 55.9 cm³/mol. The van der Waals surface area contributed by atoms with Gasteiger partial charge in [0, 0.05) is 6.61 Å². The molecule has 0 saturated heterocycles. The molecule has 0 radical (unpaired) electrons. The van der Waals surface area contributed by atoms with Gasteiger partial charge in [0.2, 0.25) is 0 Å². The van der Waals surface area contributed by atoms with Gasteiger partial charge in [0.05, 0.1) is 6.54 Å². The number of hydrogen-bond donors (Lipinski definition) is 1. The summed E-state index contributed by atoms with van der Waals surface area (Å²) in [5.41, 5.74) is 0. The molecule has 0 aromatic rings. The summed E-state index contributed by atoms with van der Waals surface area (Å²) in [5.74, 6) is -1.34. The molecule has 0 aromatic heterocycles. The average Bonchev–Trinajstić information content (AvgIpc) is 2.22. The Morgan fingerprint density at radius 1 is 1.53 bits per heavy atom. The molecule has 0 bridgehead atoms. The molecule has 7 nitrogen and oxygen atoms in total. The summed E-state index contributed by atoms with van der Waals surface area (Å²) in [5, 5.41) is 8.38. The number of halogens is 1. The molecule has 0 spiro atoms. The third-order valence-corrected chi connectivity index (χ3v) is 2.82. The van der Waals surface area contributed by atoms with E-state index in [0.29, 0.717) is 4.31 Å². The highest BCUT2D eigenvalue weighted by molar-refractivity contribution is 7.84. The van der Waals surface area contributed by atoms with Gasteiger partial charge < -0.3 is 14.0 Å². The summed E-state index contributed by atoms with van der Waals surface area (Å²) in [6, 6.07) is 0. The fourth-order valence-electron chi connectivity index (χ4n) is 0.879. The molecular weight excluding hydrogens is 257 g/mol. The molecule has 0 aliphatic heterocycles. The van der Waals surface area contributed by atoms with Gasteiger partial charge in [-0.2, -0.15) is 8.42 Å². The molecule has 1 atom stereocenters. The monoisotopic (exact) mass is 273 g/mol. The highest BCUT2D eigenvalue weighted by atomic mass is 32.2. The van der Waals surface area contributed by atoms with Crippen LogP contribution in [0.1, 0.15) is 13.8 Å². The van der Waals surface area contributed by atoms with Crippen LogP contribution in [0.15, 0.2) is 0 Å². The molecule has 9 heteroatoms. The van der Waals surface area contributed by atoms with Crippen LogP contribution in [-0.2, 0) is 24.0 Å². The molecule has 17 heavy (non-hydrogen) atoms. The van der Waals surface area contributed by atoms with E-state index in [4.69, 9.17) is 9.84 Å². The number of alkyl halides is 1. The minimum Gasteiger partial charge on any atom is -0.385 e. The lowest BCUT2D eigenvalue weighted by atomic mass is 10.4. The van der Waals surface area contributed by atoms with E-state index in [1.165, 1.54) is 0 Å². The maximum Gasteiger partial charge on any atom is 0.389 e. The molecule has 0 fully saturated rings. The third kappa shape index (κ3) is 6.51. The molecule has 0 aliphatic carbocycles. The van der Waals surface area contributed by atoms with Crippen molar-refractivity contribution < 1.29 is 31.6 Å². The standard InChI is InChI=1S/C8H16FNO6S/c1-3-15-6-10(4-7(2)9)17(13,14)16-8(12)5-11/h7,11H,3-6H2,1-2H3. The second-order valence-electron chi connectivity index (χ2n) is 3.11. The van der Waals surface area contributed by atoms with Crippen molar-refractivity contribution in [2.24, 2.45) is 0 Å². The largest absolute Gasteiger partial charge is 0.389 e. The first kappa shape index (κ1) is 16.2. The Labute approximate surface area is 99.4 Å². The number of nitrogens with zero attached hydrogens (tertiary/aromatic N) is 1. The molecule has 0 heterocycles. The molecular formula is C8H16FNO6S. The highest BCUT2D eigenvalue weighted by Gasteiger charge is 2.28. The second kappa shape index (κ2) is 7.54. The molecule has 0 amide bonds. The molecule has 1 N–H and O–H groups in total. The minimum atomic E-state index is -4.44. The Morgan fingerprint density at radius 2 is 2.12 bits per heavy atom. The van der Waals surface area contributed by atoms with Crippen LogP contribution < -0.4 is 0 Å². The average molecular weight is 273 g/mol. The number of aliphatic hydroxyl groups is 1. The van der Waals surface area contributed by atoms with Crippen LogP contribution in [0.3, 0.4) is 0 Å². The number of hydrogen-bond acceptors (Lipinski definition) is 6. The lowest BCUT2D eigenvalue weighted by molar-refractivity contribution is -0.137. The highest BCUT2D eigenvalue weighted by Crippen LogP contribution is 2.07. The first-order valence-corrected chi connectivity index (χ1v) is 6.25. The lowest BCUT2D eigenvalue weighted by Gasteiger charge is -2.20. The molecule has 102 valence electrons. The van der Waals surface area contributed by atoms with E-state index in [2.05, 4.69) is 4.18 Å². The summed E-state index contributed by atoms with van der Waals surface area (Å²) in [6.07, 6.45) is -1.45. The van der Waals surface area contributed by atoms with Crippen LogP contribution in [0.2, 0.25) is 0 Å². The van der Waals surface area contributed by atoms with Crippen LogP contribution in [-0.4, -0.2) is 56.5 Å². The fraction of sp³-hybridized carbons (Fsp3) is 0.875. The summed E-state index contributed by atoms with van der Waals surface area (Å²) in [7, 11) is -4.44. The van der Waals surface area contributed by atoms with Crippen LogP contribution in [0, 0.1) is 0 Å². The zero-order valence-electron chi connectivity index (χ0n) is 9.63. The van der Waals surface area contributed by atoms with Gasteiger partial charge in [0.25, 0.3) is 0 Å². The Morgan fingerprint density at radius 3 is 2.53 bits per heavy atom. The molecule has 0 aromatic carbocycles. The van der Waals surface area contributed by atoms with Gasteiger partial charge in [-0.3, -0.25) is 0 Å². The number of aliphatic hydroxyl groups excluding tert-OH is 1. The summed E-state index contributed by atoms with van der Waals surface area (Å²) in [4.78, 5) is 10.7. The summed E-state index contributed by atoms with van der Waals surface area (Å²) in [6.45, 7) is 1.01. The van der Waals surface area contributed by atoms with Crippen molar-refractivity contribution in [1.29, 1.82) is 0 Å². The smallest absolute Gasteiger partial charge is 0.385 e. The van der Waals surface area contributed by atoms with Gasteiger partial charge in [-0.15, -0.1) is 4.31 Å². The molecule has 0 rings (SSSR count). The first-order chi connectivity index (χ1) is 7.83. The Bertz CT molecular complexity index is 331. The number of rotatable bonds is 8. The zero-order valence-corrected chi connectivity index (χ0v) is 10.4. The number of carbonyl (C=O) groups is 1. The van der Waals surface area contributed by atoms with E-state index in [1.807, 2.05) is 0 Å². The van der Waals surface area contributed by atoms with Gasteiger partial charge in [-0.1, -0.05) is 0 Å². The van der Waals surface area contributed by atoms with Crippen LogP contribution >= 0.6 is 0 Å². The molecule has 1 unspecified atom stereocenters. The van der Waals surface area contributed by atoms with E-state index in [0.717, 1.165) is 6.92 Å². The van der Waals surface area contributed by atoms with Crippen LogP contribution in [0.4, 0.5) is 4.39 Å². The van der Waals surface area contributed by atoms with Crippen molar-refractivity contribution in [2.45, 2.75) is 20.0 Å². The second-order valence-corrected chi connectivity index (χ2v) is 4.65. The van der Waals surface area contributed by atoms with Gasteiger partial charge in [0.15, 0.2) is 0 Å². The van der Waals surface area contributed by atoms with Crippen molar-refractivity contribution in [3.05, 3.63) is 0 Å². The van der Waals surface area contributed by atoms with Gasteiger partial charge in [-0.05, 0) is 13.8 Å². The number of carbonyl (C=O) groups excluding carboxylic acids is 1. The molecule has 0 saturated carbocycles. The maximum absolute atomic E-state index is 12.8. The van der Waals surface area contributed by atoms with Crippen LogP contribution in [0.25, 0.3) is 0 Å². The van der Waals surface area contributed by atoms with E-state index >= 15 is 0 Å². The Balaban J connectivity index is 4.69. The maximum atomic E-state index is 12.8. The quantitative estimate of drug-likeness (QED) is 0.595.